The first kappa shape index (κ1) is 17.6. The number of benzene rings is 1. The maximum absolute atomic E-state index is 8.58. The van der Waals surface area contributed by atoms with Crippen LogP contribution in [0.3, 0.4) is 0 Å². The lowest BCUT2D eigenvalue weighted by atomic mass is 9.86. The van der Waals surface area contributed by atoms with Crippen LogP contribution in [-0.2, 0) is 6.54 Å². The summed E-state index contributed by atoms with van der Waals surface area (Å²) in [7, 11) is 1.65. The standard InChI is InChI=1S/C19H28N2O2/c1-15-7-3-4-8-17(15)21-14-16-9-10-18(22-2)19(13-16)23-12-6-5-11-20/h9-10,13,15,17,21H,3-8,12,14H2,1-2H3. The third-order valence-corrected chi connectivity index (χ3v) is 4.60. The normalized spacial score (nSPS) is 20.7. The lowest BCUT2D eigenvalue weighted by Crippen LogP contribution is -2.36. The van der Waals surface area contributed by atoms with E-state index >= 15 is 0 Å². The summed E-state index contributed by atoms with van der Waals surface area (Å²) in [5, 5.41) is 12.3. The van der Waals surface area contributed by atoms with Crippen molar-refractivity contribution in [3.63, 3.8) is 0 Å². The van der Waals surface area contributed by atoms with Crippen molar-refractivity contribution in [2.24, 2.45) is 5.92 Å². The predicted molar refractivity (Wildman–Crippen MR) is 91.6 cm³/mol. The molecule has 126 valence electrons. The topological polar surface area (TPSA) is 54.3 Å². The Hall–Kier alpha value is -1.73. The minimum absolute atomic E-state index is 0.517. The molecule has 1 aromatic rings. The second-order valence-electron chi connectivity index (χ2n) is 6.34. The summed E-state index contributed by atoms with van der Waals surface area (Å²) >= 11 is 0. The molecule has 0 amide bonds. The Bertz CT molecular complexity index is 525. The SMILES string of the molecule is COc1ccc(CNC2CCCCC2C)cc1OCCCC#N. The molecule has 1 aromatic carbocycles. The zero-order valence-electron chi connectivity index (χ0n) is 14.3. The lowest BCUT2D eigenvalue weighted by molar-refractivity contribution is 0.278. The molecule has 4 heteroatoms. The Labute approximate surface area is 139 Å². The summed E-state index contributed by atoms with van der Waals surface area (Å²) in [6.07, 6.45) is 6.55. The van der Waals surface area contributed by atoms with Crippen LogP contribution in [0.15, 0.2) is 18.2 Å². The Kier molecular flexibility index (Phi) is 7.22. The lowest BCUT2D eigenvalue weighted by Gasteiger charge is -2.29. The molecule has 0 saturated heterocycles. The van der Waals surface area contributed by atoms with E-state index in [0.717, 1.165) is 30.4 Å². The molecule has 4 nitrogen and oxygen atoms in total. The largest absolute Gasteiger partial charge is 0.493 e. The third-order valence-electron chi connectivity index (χ3n) is 4.60. The molecule has 1 fully saturated rings. The Morgan fingerprint density at radius 3 is 2.83 bits per heavy atom. The molecule has 0 aromatic heterocycles. The predicted octanol–water partition coefficient (Wildman–Crippen LogP) is 4.05. The average molecular weight is 316 g/mol. The second kappa shape index (κ2) is 9.42. The highest BCUT2D eigenvalue weighted by Crippen LogP contribution is 2.29. The molecule has 0 heterocycles. The van der Waals surface area contributed by atoms with Crippen molar-refractivity contribution in [3.8, 4) is 17.6 Å². The first-order valence-electron chi connectivity index (χ1n) is 8.64. The monoisotopic (exact) mass is 316 g/mol. The molecular formula is C19H28N2O2. The number of ether oxygens (including phenoxy) is 2. The van der Waals surface area contributed by atoms with E-state index in [1.807, 2.05) is 12.1 Å². The van der Waals surface area contributed by atoms with E-state index in [9.17, 15) is 0 Å². The van der Waals surface area contributed by atoms with Crippen LogP contribution in [0.4, 0.5) is 0 Å². The van der Waals surface area contributed by atoms with E-state index < -0.39 is 0 Å². The number of hydrogen-bond donors (Lipinski definition) is 1. The van der Waals surface area contributed by atoms with Gasteiger partial charge in [0.15, 0.2) is 11.5 Å². The number of hydrogen-bond acceptors (Lipinski definition) is 4. The summed E-state index contributed by atoms with van der Waals surface area (Å²) in [5.41, 5.74) is 1.21. The van der Waals surface area contributed by atoms with Crippen molar-refractivity contribution in [2.45, 2.75) is 58.0 Å². The fraction of sp³-hybridized carbons (Fsp3) is 0.632. The van der Waals surface area contributed by atoms with E-state index in [1.165, 1.54) is 31.2 Å². The van der Waals surface area contributed by atoms with Gasteiger partial charge in [-0.25, -0.2) is 0 Å². The summed E-state index contributed by atoms with van der Waals surface area (Å²) in [6.45, 7) is 3.74. The van der Waals surface area contributed by atoms with Gasteiger partial charge in [-0.3, -0.25) is 0 Å². The Morgan fingerprint density at radius 2 is 2.09 bits per heavy atom. The average Bonchev–Trinajstić information content (AvgIpc) is 2.58. The van der Waals surface area contributed by atoms with Gasteiger partial charge >= 0.3 is 0 Å². The maximum atomic E-state index is 8.58. The Balaban J connectivity index is 1.92. The van der Waals surface area contributed by atoms with Gasteiger partial charge in [0, 0.05) is 19.0 Å². The third kappa shape index (κ3) is 5.44. The van der Waals surface area contributed by atoms with Gasteiger partial charge in [-0.1, -0.05) is 25.8 Å². The van der Waals surface area contributed by atoms with E-state index in [-0.39, 0.29) is 0 Å². The van der Waals surface area contributed by atoms with Gasteiger partial charge < -0.3 is 14.8 Å². The molecule has 23 heavy (non-hydrogen) atoms. The van der Waals surface area contributed by atoms with E-state index in [1.54, 1.807) is 7.11 Å². The molecule has 2 unspecified atom stereocenters. The van der Waals surface area contributed by atoms with Crippen LogP contribution in [0.5, 0.6) is 11.5 Å². The molecule has 0 radical (unpaired) electrons. The molecular weight excluding hydrogens is 288 g/mol. The molecule has 2 rings (SSSR count). The number of nitrogens with one attached hydrogen (secondary N) is 1. The van der Waals surface area contributed by atoms with E-state index in [4.69, 9.17) is 14.7 Å². The number of nitriles is 1. The van der Waals surface area contributed by atoms with Crippen LogP contribution in [0.1, 0.15) is 51.0 Å². The van der Waals surface area contributed by atoms with Gasteiger partial charge in [0.1, 0.15) is 0 Å². The van der Waals surface area contributed by atoms with Gasteiger partial charge in [0.2, 0.25) is 0 Å². The van der Waals surface area contributed by atoms with Gasteiger partial charge in [-0.15, -0.1) is 0 Å². The van der Waals surface area contributed by atoms with Crippen molar-refractivity contribution < 1.29 is 9.47 Å². The maximum Gasteiger partial charge on any atom is 0.161 e. The molecule has 1 aliphatic rings. The quantitative estimate of drug-likeness (QED) is 0.735. The van der Waals surface area contributed by atoms with Gasteiger partial charge in [-0.2, -0.15) is 5.26 Å². The number of methoxy groups -OCH3 is 1. The van der Waals surface area contributed by atoms with E-state index in [2.05, 4.69) is 24.4 Å². The van der Waals surface area contributed by atoms with Crippen LogP contribution in [0.2, 0.25) is 0 Å². The van der Waals surface area contributed by atoms with Gasteiger partial charge in [-0.05, 0) is 42.9 Å². The fourth-order valence-corrected chi connectivity index (χ4v) is 3.15. The smallest absolute Gasteiger partial charge is 0.161 e. The van der Waals surface area contributed by atoms with Crippen LogP contribution in [-0.4, -0.2) is 19.8 Å². The number of rotatable bonds is 8. The van der Waals surface area contributed by atoms with Crippen molar-refractivity contribution in [3.05, 3.63) is 23.8 Å². The Morgan fingerprint density at radius 1 is 1.26 bits per heavy atom. The molecule has 0 bridgehead atoms. The van der Waals surface area contributed by atoms with Crippen molar-refractivity contribution in [1.29, 1.82) is 5.26 Å². The first-order chi connectivity index (χ1) is 11.2. The minimum atomic E-state index is 0.517. The molecule has 1 N–H and O–H groups in total. The molecule has 0 aliphatic heterocycles. The van der Waals surface area contributed by atoms with Crippen molar-refractivity contribution in [1.82, 2.24) is 5.32 Å². The highest BCUT2D eigenvalue weighted by molar-refractivity contribution is 5.43. The number of nitrogens with zero attached hydrogens (tertiary/aromatic N) is 1. The molecule has 0 spiro atoms. The van der Waals surface area contributed by atoms with Crippen LogP contribution >= 0.6 is 0 Å². The number of unbranched alkanes of at least 4 members (excludes halogenated alkanes) is 1. The molecule has 1 saturated carbocycles. The van der Waals surface area contributed by atoms with E-state index in [0.29, 0.717) is 19.1 Å². The van der Waals surface area contributed by atoms with Crippen molar-refractivity contribution >= 4 is 0 Å². The van der Waals surface area contributed by atoms with Crippen LogP contribution in [0.25, 0.3) is 0 Å². The zero-order valence-corrected chi connectivity index (χ0v) is 14.3. The second-order valence-corrected chi connectivity index (χ2v) is 6.34. The van der Waals surface area contributed by atoms with Crippen molar-refractivity contribution in [2.75, 3.05) is 13.7 Å². The molecule has 2 atom stereocenters. The summed E-state index contributed by atoms with van der Waals surface area (Å²) in [5.74, 6) is 2.27. The van der Waals surface area contributed by atoms with Crippen LogP contribution < -0.4 is 14.8 Å². The van der Waals surface area contributed by atoms with Gasteiger partial charge in [0.05, 0.1) is 19.8 Å². The zero-order chi connectivity index (χ0) is 16.5. The summed E-state index contributed by atoms with van der Waals surface area (Å²) in [4.78, 5) is 0. The highest BCUT2D eigenvalue weighted by Gasteiger charge is 2.20. The highest BCUT2D eigenvalue weighted by atomic mass is 16.5. The van der Waals surface area contributed by atoms with Crippen LogP contribution in [0, 0.1) is 17.2 Å². The summed E-state index contributed by atoms with van der Waals surface area (Å²) in [6, 6.07) is 8.84. The minimum Gasteiger partial charge on any atom is -0.493 e. The van der Waals surface area contributed by atoms with Gasteiger partial charge in [0.25, 0.3) is 0 Å². The summed E-state index contributed by atoms with van der Waals surface area (Å²) < 4.78 is 11.1. The fourth-order valence-electron chi connectivity index (χ4n) is 3.15. The molecule has 1 aliphatic carbocycles. The first-order valence-corrected chi connectivity index (χ1v) is 8.64.